The Balaban J connectivity index is 2.00. The third-order valence-electron chi connectivity index (χ3n) is 2.84. The molecule has 0 bridgehead atoms. The maximum Gasteiger partial charge on any atom is 0.319 e. The molecule has 0 amide bonds. The van der Waals surface area contributed by atoms with E-state index in [1.807, 2.05) is 11.9 Å². The number of methoxy groups -OCH3 is 1. The minimum Gasteiger partial charge on any atom is -0.468 e. The lowest BCUT2D eigenvalue weighted by Gasteiger charge is -2.18. The largest absolute Gasteiger partial charge is 0.468 e. The van der Waals surface area contributed by atoms with Crippen LogP contribution in [0.4, 0.5) is 0 Å². The topological polar surface area (TPSA) is 32.8 Å². The minimum atomic E-state index is -0.154. The van der Waals surface area contributed by atoms with Crippen LogP contribution in [0.2, 0.25) is 0 Å². The van der Waals surface area contributed by atoms with Gasteiger partial charge in [-0.3, -0.25) is 9.69 Å². The number of carbonyl (C=O) groups excluding carboxylic acids is 1. The van der Waals surface area contributed by atoms with Crippen molar-refractivity contribution in [3.05, 3.63) is 0 Å². The van der Waals surface area contributed by atoms with Gasteiger partial charge >= 0.3 is 5.97 Å². The highest BCUT2D eigenvalue weighted by atomic mass is 16.5. The molecule has 0 aromatic rings. The number of rotatable bonds is 6. The van der Waals surface area contributed by atoms with Gasteiger partial charge in [0.05, 0.1) is 13.7 Å². The van der Waals surface area contributed by atoms with Crippen LogP contribution in [-0.4, -0.2) is 62.7 Å². The molecule has 0 spiro atoms. The Bertz CT molecular complexity index is 191. The fourth-order valence-electron chi connectivity index (χ4n) is 1.93. The number of ether oxygens (including phenoxy) is 1. The van der Waals surface area contributed by atoms with E-state index in [9.17, 15) is 4.79 Å². The molecule has 0 N–H and O–H groups in total. The molecule has 0 aliphatic carbocycles. The van der Waals surface area contributed by atoms with Crippen LogP contribution < -0.4 is 0 Å². The predicted octanol–water partition coefficient (Wildman–Crippen LogP) is 0.577. The fourth-order valence-corrected chi connectivity index (χ4v) is 1.93. The van der Waals surface area contributed by atoms with Crippen molar-refractivity contribution in [2.24, 2.45) is 0 Å². The van der Waals surface area contributed by atoms with E-state index in [4.69, 9.17) is 0 Å². The lowest BCUT2D eigenvalue weighted by atomic mass is 10.3. The Morgan fingerprint density at radius 3 is 2.67 bits per heavy atom. The van der Waals surface area contributed by atoms with Crippen LogP contribution in [-0.2, 0) is 9.53 Å². The molecule has 0 atom stereocenters. The van der Waals surface area contributed by atoms with Crippen LogP contribution in [0.3, 0.4) is 0 Å². The van der Waals surface area contributed by atoms with Gasteiger partial charge in [-0.2, -0.15) is 0 Å². The molecule has 1 heterocycles. The molecular formula is C11H22N2O2. The Kier molecular flexibility index (Phi) is 5.65. The van der Waals surface area contributed by atoms with E-state index < -0.39 is 0 Å². The maximum absolute atomic E-state index is 11.0. The SMILES string of the molecule is COC(=O)CN(C)CCCN1CCCC1. The predicted molar refractivity (Wildman–Crippen MR) is 59.8 cm³/mol. The molecule has 0 radical (unpaired) electrons. The van der Waals surface area contributed by atoms with Crippen LogP contribution >= 0.6 is 0 Å². The fraction of sp³-hybridized carbons (Fsp3) is 0.909. The van der Waals surface area contributed by atoms with Gasteiger partial charge in [0.25, 0.3) is 0 Å². The summed E-state index contributed by atoms with van der Waals surface area (Å²) < 4.78 is 4.61. The van der Waals surface area contributed by atoms with E-state index in [1.165, 1.54) is 33.0 Å². The molecule has 4 nitrogen and oxygen atoms in total. The maximum atomic E-state index is 11.0. The van der Waals surface area contributed by atoms with Gasteiger partial charge in [-0.25, -0.2) is 0 Å². The second kappa shape index (κ2) is 6.80. The number of hydrogen-bond donors (Lipinski definition) is 0. The number of likely N-dealkylation sites (N-methyl/N-ethyl adjacent to an activating group) is 1. The van der Waals surface area contributed by atoms with E-state index in [1.54, 1.807) is 0 Å². The first kappa shape index (κ1) is 12.5. The molecule has 4 heteroatoms. The smallest absolute Gasteiger partial charge is 0.319 e. The molecule has 15 heavy (non-hydrogen) atoms. The van der Waals surface area contributed by atoms with Crippen molar-refractivity contribution in [2.75, 3.05) is 46.9 Å². The lowest BCUT2D eigenvalue weighted by Crippen LogP contribution is -2.30. The molecular weight excluding hydrogens is 192 g/mol. The third-order valence-corrected chi connectivity index (χ3v) is 2.84. The molecule has 0 unspecified atom stereocenters. The summed E-state index contributed by atoms with van der Waals surface area (Å²) >= 11 is 0. The summed E-state index contributed by atoms with van der Waals surface area (Å²) in [5.74, 6) is -0.154. The van der Waals surface area contributed by atoms with Crippen molar-refractivity contribution < 1.29 is 9.53 Å². The Hall–Kier alpha value is -0.610. The summed E-state index contributed by atoms with van der Waals surface area (Å²) in [7, 11) is 3.39. The van der Waals surface area contributed by atoms with Gasteiger partial charge in [0.15, 0.2) is 0 Å². The Labute approximate surface area is 92.2 Å². The molecule has 0 aromatic carbocycles. The van der Waals surface area contributed by atoms with Gasteiger partial charge in [-0.1, -0.05) is 0 Å². The molecule has 0 saturated carbocycles. The summed E-state index contributed by atoms with van der Waals surface area (Å²) in [6.07, 6.45) is 3.82. The quantitative estimate of drug-likeness (QED) is 0.605. The Morgan fingerprint density at radius 2 is 2.07 bits per heavy atom. The van der Waals surface area contributed by atoms with E-state index in [0.717, 1.165) is 19.5 Å². The van der Waals surface area contributed by atoms with Crippen molar-refractivity contribution in [1.29, 1.82) is 0 Å². The summed E-state index contributed by atoms with van der Waals surface area (Å²) in [6.45, 7) is 5.02. The number of likely N-dealkylation sites (tertiary alicyclic amines) is 1. The first-order valence-electron chi connectivity index (χ1n) is 5.70. The van der Waals surface area contributed by atoms with Crippen molar-refractivity contribution in [3.63, 3.8) is 0 Å². The molecule has 1 aliphatic heterocycles. The zero-order chi connectivity index (χ0) is 11.1. The van der Waals surface area contributed by atoms with Gasteiger partial charge in [0.1, 0.15) is 0 Å². The average Bonchev–Trinajstić information content (AvgIpc) is 2.70. The van der Waals surface area contributed by atoms with E-state index in [0.29, 0.717) is 6.54 Å². The summed E-state index contributed by atoms with van der Waals surface area (Å²) in [5, 5.41) is 0. The highest BCUT2D eigenvalue weighted by Crippen LogP contribution is 2.07. The zero-order valence-corrected chi connectivity index (χ0v) is 9.87. The second-order valence-corrected chi connectivity index (χ2v) is 4.22. The number of carbonyl (C=O) groups is 1. The highest BCUT2D eigenvalue weighted by Gasteiger charge is 2.11. The van der Waals surface area contributed by atoms with Gasteiger partial charge in [0.2, 0.25) is 0 Å². The monoisotopic (exact) mass is 214 g/mol. The van der Waals surface area contributed by atoms with E-state index >= 15 is 0 Å². The normalized spacial score (nSPS) is 17.3. The first-order chi connectivity index (χ1) is 7.22. The van der Waals surface area contributed by atoms with Crippen molar-refractivity contribution in [3.8, 4) is 0 Å². The van der Waals surface area contributed by atoms with Gasteiger partial charge < -0.3 is 9.64 Å². The molecule has 88 valence electrons. The highest BCUT2D eigenvalue weighted by molar-refractivity contribution is 5.71. The summed E-state index contributed by atoms with van der Waals surface area (Å²) in [5.41, 5.74) is 0. The van der Waals surface area contributed by atoms with Gasteiger partial charge in [0, 0.05) is 0 Å². The number of esters is 1. The molecule has 0 aromatic heterocycles. The van der Waals surface area contributed by atoms with Crippen LogP contribution in [0.1, 0.15) is 19.3 Å². The number of nitrogens with zero attached hydrogens (tertiary/aromatic N) is 2. The lowest BCUT2D eigenvalue weighted by molar-refractivity contribution is -0.141. The van der Waals surface area contributed by atoms with Crippen molar-refractivity contribution in [1.82, 2.24) is 9.80 Å². The van der Waals surface area contributed by atoms with Crippen LogP contribution in [0.15, 0.2) is 0 Å². The molecule has 1 aliphatic rings. The van der Waals surface area contributed by atoms with E-state index in [-0.39, 0.29) is 5.97 Å². The van der Waals surface area contributed by atoms with Crippen LogP contribution in [0.25, 0.3) is 0 Å². The third kappa shape index (κ3) is 5.14. The second-order valence-electron chi connectivity index (χ2n) is 4.22. The molecule has 1 rings (SSSR count). The minimum absolute atomic E-state index is 0.154. The summed E-state index contributed by atoms with van der Waals surface area (Å²) in [6, 6.07) is 0. The summed E-state index contributed by atoms with van der Waals surface area (Å²) in [4.78, 5) is 15.5. The van der Waals surface area contributed by atoms with Gasteiger partial charge in [-0.05, 0) is 52.5 Å². The number of hydrogen-bond acceptors (Lipinski definition) is 4. The van der Waals surface area contributed by atoms with Crippen LogP contribution in [0, 0.1) is 0 Å². The van der Waals surface area contributed by atoms with Crippen LogP contribution in [0.5, 0.6) is 0 Å². The molecule has 1 fully saturated rings. The zero-order valence-electron chi connectivity index (χ0n) is 9.87. The first-order valence-corrected chi connectivity index (χ1v) is 5.70. The van der Waals surface area contributed by atoms with Gasteiger partial charge in [-0.15, -0.1) is 0 Å². The molecule has 1 saturated heterocycles. The van der Waals surface area contributed by atoms with E-state index in [2.05, 4.69) is 9.64 Å². The van der Waals surface area contributed by atoms with Crippen molar-refractivity contribution in [2.45, 2.75) is 19.3 Å². The van der Waals surface area contributed by atoms with Crippen molar-refractivity contribution >= 4 is 5.97 Å². The average molecular weight is 214 g/mol. The standard InChI is InChI=1S/C11H22N2O2/c1-12(10-11(14)15-2)6-5-9-13-7-3-4-8-13/h3-10H2,1-2H3. The Morgan fingerprint density at radius 1 is 1.40 bits per heavy atom.